The molecule has 5 nitrogen and oxygen atoms in total. The van der Waals surface area contributed by atoms with E-state index in [2.05, 4.69) is 29.1 Å². The average molecular weight is 251 g/mol. The third-order valence-corrected chi connectivity index (χ3v) is 2.95. The molecule has 2 rings (SSSR count). The molecule has 0 radical (unpaired) electrons. The molecular weight excluding hydrogens is 230 g/mol. The van der Waals surface area contributed by atoms with Crippen molar-refractivity contribution in [1.29, 1.82) is 0 Å². The molecule has 18 heavy (non-hydrogen) atoms. The van der Waals surface area contributed by atoms with Crippen LogP contribution < -0.4 is 10.1 Å². The summed E-state index contributed by atoms with van der Waals surface area (Å²) >= 11 is 0. The highest BCUT2D eigenvalue weighted by molar-refractivity contribution is 5.38. The van der Waals surface area contributed by atoms with Crippen LogP contribution in [-0.2, 0) is 4.74 Å². The molecule has 1 aliphatic heterocycles. The fraction of sp³-hybridized carbons (Fsp3) is 0.692. The van der Waals surface area contributed by atoms with Crippen molar-refractivity contribution in [2.75, 3.05) is 25.6 Å². The number of hydrogen-bond donors (Lipinski definition) is 1. The number of anilines is 1. The molecule has 0 unspecified atom stereocenters. The Morgan fingerprint density at radius 2 is 2.06 bits per heavy atom. The summed E-state index contributed by atoms with van der Waals surface area (Å²) < 4.78 is 11.2. The molecule has 1 N–H and O–H groups in total. The normalized spacial score (nSPS) is 16.9. The molecule has 1 aliphatic rings. The Morgan fingerprint density at radius 3 is 2.67 bits per heavy atom. The van der Waals surface area contributed by atoms with Gasteiger partial charge in [-0.15, -0.1) is 0 Å². The molecule has 0 aromatic carbocycles. The van der Waals surface area contributed by atoms with Gasteiger partial charge in [-0.25, -0.2) is 4.98 Å². The third kappa shape index (κ3) is 3.32. The fourth-order valence-electron chi connectivity index (χ4n) is 1.85. The van der Waals surface area contributed by atoms with Gasteiger partial charge in [-0.05, 0) is 0 Å². The van der Waals surface area contributed by atoms with E-state index < -0.39 is 0 Å². The minimum Gasteiger partial charge on any atom is -0.474 e. The summed E-state index contributed by atoms with van der Waals surface area (Å²) in [6.45, 7) is 5.69. The molecule has 1 fully saturated rings. The van der Waals surface area contributed by atoms with Crippen molar-refractivity contribution in [2.45, 2.75) is 38.7 Å². The molecule has 2 heterocycles. The molecular formula is C13H21N3O2. The maximum atomic E-state index is 5.92. The number of nitrogens with zero attached hydrogens (tertiary/aromatic N) is 2. The van der Waals surface area contributed by atoms with Crippen LogP contribution in [0.4, 0.5) is 5.82 Å². The van der Waals surface area contributed by atoms with Gasteiger partial charge in [0.1, 0.15) is 17.7 Å². The Kier molecular flexibility index (Phi) is 4.36. The zero-order chi connectivity index (χ0) is 13.0. The third-order valence-electron chi connectivity index (χ3n) is 2.95. The summed E-state index contributed by atoms with van der Waals surface area (Å²) in [5, 5.41) is 3.04. The van der Waals surface area contributed by atoms with E-state index >= 15 is 0 Å². The Hall–Kier alpha value is -1.36. The summed E-state index contributed by atoms with van der Waals surface area (Å²) in [5.41, 5.74) is 0. The summed E-state index contributed by atoms with van der Waals surface area (Å²) in [7, 11) is 1.85. The first-order valence-electron chi connectivity index (χ1n) is 6.50. The van der Waals surface area contributed by atoms with E-state index in [1.807, 2.05) is 13.1 Å². The van der Waals surface area contributed by atoms with Gasteiger partial charge in [0.25, 0.3) is 0 Å². The van der Waals surface area contributed by atoms with Crippen LogP contribution in [0.15, 0.2) is 6.07 Å². The van der Waals surface area contributed by atoms with Gasteiger partial charge in [-0.3, -0.25) is 0 Å². The van der Waals surface area contributed by atoms with Gasteiger partial charge < -0.3 is 14.8 Å². The van der Waals surface area contributed by atoms with Gasteiger partial charge in [0, 0.05) is 31.9 Å². The maximum absolute atomic E-state index is 5.92. The Bertz CT molecular complexity index is 390. The van der Waals surface area contributed by atoms with Crippen LogP contribution in [0.1, 0.15) is 38.4 Å². The molecule has 0 bridgehead atoms. The SMILES string of the molecule is CNc1cc(OC2CCOCC2)nc(C(C)C)n1. The second-order valence-electron chi connectivity index (χ2n) is 4.78. The highest BCUT2D eigenvalue weighted by atomic mass is 16.5. The van der Waals surface area contributed by atoms with E-state index in [1.165, 1.54) is 0 Å². The zero-order valence-electron chi connectivity index (χ0n) is 11.3. The molecule has 0 spiro atoms. The summed E-state index contributed by atoms with van der Waals surface area (Å²) in [4.78, 5) is 8.88. The van der Waals surface area contributed by atoms with Gasteiger partial charge >= 0.3 is 0 Å². The predicted octanol–water partition coefficient (Wildman–Crippen LogP) is 2.20. The summed E-state index contributed by atoms with van der Waals surface area (Å²) in [6, 6.07) is 1.85. The van der Waals surface area contributed by atoms with Crippen molar-refractivity contribution < 1.29 is 9.47 Å². The monoisotopic (exact) mass is 251 g/mol. The van der Waals surface area contributed by atoms with Gasteiger partial charge in [0.2, 0.25) is 5.88 Å². The van der Waals surface area contributed by atoms with Crippen LogP contribution in [0.2, 0.25) is 0 Å². The maximum Gasteiger partial charge on any atom is 0.219 e. The minimum atomic E-state index is 0.207. The lowest BCUT2D eigenvalue weighted by atomic mass is 10.1. The molecule has 1 aromatic heterocycles. The lowest BCUT2D eigenvalue weighted by molar-refractivity contribution is 0.0236. The first-order chi connectivity index (χ1) is 8.69. The van der Waals surface area contributed by atoms with Crippen molar-refractivity contribution >= 4 is 5.82 Å². The Balaban J connectivity index is 2.12. The fourth-order valence-corrected chi connectivity index (χ4v) is 1.85. The van der Waals surface area contributed by atoms with Crippen molar-refractivity contribution in [3.63, 3.8) is 0 Å². The van der Waals surface area contributed by atoms with Crippen LogP contribution >= 0.6 is 0 Å². The van der Waals surface area contributed by atoms with E-state index in [1.54, 1.807) is 0 Å². The first-order valence-corrected chi connectivity index (χ1v) is 6.50. The lowest BCUT2D eigenvalue weighted by Gasteiger charge is -2.23. The molecule has 1 aromatic rings. The van der Waals surface area contributed by atoms with E-state index in [0.29, 0.717) is 5.88 Å². The van der Waals surface area contributed by atoms with Crippen LogP contribution in [-0.4, -0.2) is 36.3 Å². The second kappa shape index (κ2) is 6.00. The molecule has 1 saturated heterocycles. The second-order valence-corrected chi connectivity index (χ2v) is 4.78. The zero-order valence-corrected chi connectivity index (χ0v) is 11.3. The van der Waals surface area contributed by atoms with Crippen LogP contribution in [0.5, 0.6) is 5.88 Å². The molecule has 0 saturated carbocycles. The first kappa shape index (κ1) is 13.1. The van der Waals surface area contributed by atoms with Gasteiger partial charge in [0.15, 0.2) is 0 Å². The summed E-state index contributed by atoms with van der Waals surface area (Å²) in [6.07, 6.45) is 2.06. The van der Waals surface area contributed by atoms with Gasteiger partial charge in [-0.1, -0.05) is 13.8 Å². The highest BCUT2D eigenvalue weighted by Gasteiger charge is 2.17. The lowest BCUT2D eigenvalue weighted by Crippen LogP contribution is -2.26. The van der Waals surface area contributed by atoms with Crippen molar-refractivity contribution in [3.8, 4) is 5.88 Å². The smallest absolute Gasteiger partial charge is 0.219 e. The van der Waals surface area contributed by atoms with Crippen molar-refractivity contribution in [3.05, 3.63) is 11.9 Å². The molecule has 0 aliphatic carbocycles. The molecule has 5 heteroatoms. The topological polar surface area (TPSA) is 56.3 Å². The molecule has 100 valence electrons. The quantitative estimate of drug-likeness (QED) is 0.889. The number of ether oxygens (including phenoxy) is 2. The number of nitrogens with one attached hydrogen (secondary N) is 1. The highest BCUT2D eigenvalue weighted by Crippen LogP contribution is 2.21. The van der Waals surface area contributed by atoms with E-state index in [9.17, 15) is 0 Å². The molecule has 0 atom stereocenters. The molecule has 0 amide bonds. The number of hydrogen-bond acceptors (Lipinski definition) is 5. The van der Waals surface area contributed by atoms with Gasteiger partial charge in [-0.2, -0.15) is 4.98 Å². The predicted molar refractivity (Wildman–Crippen MR) is 70.1 cm³/mol. The van der Waals surface area contributed by atoms with Crippen molar-refractivity contribution in [2.24, 2.45) is 0 Å². The Labute approximate surface area is 108 Å². The minimum absolute atomic E-state index is 0.207. The Morgan fingerprint density at radius 1 is 1.33 bits per heavy atom. The average Bonchev–Trinajstić information content (AvgIpc) is 2.39. The van der Waals surface area contributed by atoms with Crippen LogP contribution in [0.3, 0.4) is 0 Å². The van der Waals surface area contributed by atoms with Crippen LogP contribution in [0, 0.1) is 0 Å². The van der Waals surface area contributed by atoms with E-state index in [4.69, 9.17) is 9.47 Å². The number of aromatic nitrogens is 2. The largest absolute Gasteiger partial charge is 0.474 e. The van der Waals surface area contributed by atoms with Crippen molar-refractivity contribution in [1.82, 2.24) is 9.97 Å². The van der Waals surface area contributed by atoms with Gasteiger partial charge in [0.05, 0.1) is 13.2 Å². The standard InChI is InChI=1S/C13H21N3O2/c1-9(2)13-15-11(14-3)8-12(16-13)18-10-4-6-17-7-5-10/h8-10H,4-7H2,1-3H3,(H,14,15,16). The van der Waals surface area contributed by atoms with E-state index in [-0.39, 0.29) is 12.0 Å². The van der Waals surface area contributed by atoms with E-state index in [0.717, 1.165) is 37.7 Å². The van der Waals surface area contributed by atoms with Crippen LogP contribution in [0.25, 0.3) is 0 Å². The summed E-state index contributed by atoms with van der Waals surface area (Å²) in [5.74, 6) is 2.56. The number of rotatable bonds is 4.